The van der Waals surface area contributed by atoms with Gasteiger partial charge in [0.25, 0.3) is 10.2 Å². The Morgan fingerprint density at radius 3 is 2.52 bits per heavy atom. The summed E-state index contributed by atoms with van der Waals surface area (Å²) in [5.41, 5.74) is 1.25. The highest BCUT2D eigenvalue weighted by atomic mass is 32.2. The fourth-order valence-corrected chi connectivity index (χ4v) is 4.94. The fourth-order valence-electron chi connectivity index (χ4n) is 3.94. The molecule has 0 aliphatic carbocycles. The van der Waals surface area contributed by atoms with Crippen molar-refractivity contribution >= 4 is 10.2 Å². The second-order valence-electron chi connectivity index (χ2n) is 6.45. The summed E-state index contributed by atoms with van der Waals surface area (Å²) in [5.74, 6) is 0.509. The third-order valence-electron chi connectivity index (χ3n) is 5.10. The molecule has 124 valence electrons. The maximum atomic E-state index is 12.0. The Morgan fingerprint density at radius 1 is 1.17 bits per heavy atom. The van der Waals surface area contributed by atoms with Crippen molar-refractivity contribution in [2.75, 3.05) is 19.6 Å². The summed E-state index contributed by atoms with van der Waals surface area (Å²) in [5, 5.41) is 14.5. The van der Waals surface area contributed by atoms with E-state index < -0.39 is 10.2 Å². The van der Waals surface area contributed by atoms with Crippen LogP contribution in [0.4, 0.5) is 0 Å². The first kappa shape index (κ1) is 16.2. The maximum Gasteiger partial charge on any atom is 0.277 e. The summed E-state index contributed by atoms with van der Waals surface area (Å²) in [6.45, 7) is 1.77. The van der Waals surface area contributed by atoms with E-state index in [2.05, 4.69) is 18.3 Å². The second kappa shape index (κ2) is 6.48. The molecule has 0 radical (unpaired) electrons. The van der Waals surface area contributed by atoms with Gasteiger partial charge in [0.15, 0.2) is 6.19 Å². The molecule has 2 N–H and O–H groups in total. The van der Waals surface area contributed by atoms with Crippen LogP contribution in [-0.2, 0) is 10.2 Å². The standard InChI is InChI=1S/C16H22N4O2S/c17-12-19-8-6-15(11-19)16-10-14(13-4-2-1-3-5-13)7-9-20(16)23(18,21)22/h1-5,14-16H,6-11H2,(H2,18,21,22). The van der Waals surface area contributed by atoms with Gasteiger partial charge < -0.3 is 4.90 Å². The predicted octanol–water partition coefficient (Wildman–Crippen LogP) is 1.24. The third-order valence-corrected chi connectivity index (χ3v) is 6.21. The van der Waals surface area contributed by atoms with Crippen LogP contribution in [0.5, 0.6) is 0 Å². The van der Waals surface area contributed by atoms with E-state index in [1.54, 1.807) is 4.90 Å². The Kier molecular flexibility index (Phi) is 4.57. The van der Waals surface area contributed by atoms with E-state index in [0.29, 0.717) is 25.6 Å². The zero-order valence-corrected chi connectivity index (χ0v) is 13.8. The van der Waals surface area contributed by atoms with Crippen molar-refractivity contribution in [1.29, 1.82) is 5.26 Å². The zero-order valence-electron chi connectivity index (χ0n) is 13.0. The SMILES string of the molecule is N#CN1CCC(C2CC(c3ccccc3)CCN2S(N)(=O)=O)C1. The average molecular weight is 334 g/mol. The molecular formula is C16H22N4O2S. The van der Waals surface area contributed by atoms with Crippen molar-refractivity contribution in [2.45, 2.75) is 31.2 Å². The van der Waals surface area contributed by atoms with Crippen LogP contribution in [0.25, 0.3) is 0 Å². The van der Waals surface area contributed by atoms with Gasteiger partial charge >= 0.3 is 0 Å². The first-order chi connectivity index (χ1) is 11.0. The molecule has 3 atom stereocenters. The molecule has 0 saturated carbocycles. The Hall–Kier alpha value is -1.62. The zero-order chi connectivity index (χ0) is 16.4. The molecule has 0 aromatic heterocycles. The third kappa shape index (κ3) is 3.50. The summed E-state index contributed by atoms with van der Waals surface area (Å²) in [6.07, 6.45) is 4.55. The van der Waals surface area contributed by atoms with Crippen molar-refractivity contribution in [3.63, 3.8) is 0 Å². The number of hydrogen-bond donors (Lipinski definition) is 1. The number of piperidine rings is 1. The molecule has 2 aliphatic rings. The highest BCUT2D eigenvalue weighted by Gasteiger charge is 2.41. The normalized spacial score (nSPS) is 29.4. The van der Waals surface area contributed by atoms with Gasteiger partial charge in [0.1, 0.15) is 0 Å². The van der Waals surface area contributed by atoms with Gasteiger partial charge in [-0.05, 0) is 36.7 Å². The van der Waals surface area contributed by atoms with E-state index in [9.17, 15) is 8.42 Å². The van der Waals surface area contributed by atoms with E-state index in [-0.39, 0.29) is 12.0 Å². The summed E-state index contributed by atoms with van der Waals surface area (Å²) in [6, 6.07) is 10.1. The van der Waals surface area contributed by atoms with E-state index >= 15 is 0 Å². The number of likely N-dealkylation sites (tertiary alicyclic amines) is 1. The summed E-state index contributed by atoms with van der Waals surface area (Å²) in [4.78, 5) is 1.71. The molecule has 3 unspecified atom stereocenters. The first-order valence-electron chi connectivity index (χ1n) is 7.98. The van der Waals surface area contributed by atoms with E-state index in [4.69, 9.17) is 10.4 Å². The maximum absolute atomic E-state index is 12.0. The minimum atomic E-state index is -3.71. The topological polar surface area (TPSA) is 90.4 Å². The molecule has 7 heteroatoms. The number of nitrogens with zero attached hydrogens (tertiary/aromatic N) is 3. The molecule has 23 heavy (non-hydrogen) atoms. The number of rotatable bonds is 3. The Labute approximate surface area is 137 Å². The summed E-state index contributed by atoms with van der Waals surface area (Å²) < 4.78 is 25.4. The Bertz CT molecular complexity index is 686. The van der Waals surface area contributed by atoms with E-state index in [0.717, 1.165) is 19.3 Å². The van der Waals surface area contributed by atoms with Gasteiger partial charge in [-0.3, -0.25) is 0 Å². The van der Waals surface area contributed by atoms with Gasteiger partial charge in [-0.1, -0.05) is 30.3 Å². The van der Waals surface area contributed by atoms with Gasteiger partial charge in [0, 0.05) is 25.7 Å². The van der Waals surface area contributed by atoms with Gasteiger partial charge in [-0.2, -0.15) is 18.0 Å². The molecule has 2 heterocycles. The van der Waals surface area contributed by atoms with Crippen LogP contribution in [0.2, 0.25) is 0 Å². The molecule has 6 nitrogen and oxygen atoms in total. The van der Waals surface area contributed by atoms with Crippen molar-refractivity contribution < 1.29 is 8.42 Å². The first-order valence-corrected chi connectivity index (χ1v) is 9.48. The number of hydrogen-bond acceptors (Lipinski definition) is 4. The Balaban J connectivity index is 1.82. The number of nitriles is 1. The van der Waals surface area contributed by atoms with Crippen molar-refractivity contribution in [1.82, 2.24) is 9.21 Å². The number of nitrogens with two attached hydrogens (primary N) is 1. The second-order valence-corrected chi connectivity index (χ2v) is 7.95. The van der Waals surface area contributed by atoms with Crippen molar-refractivity contribution in [2.24, 2.45) is 11.1 Å². The van der Waals surface area contributed by atoms with Crippen LogP contribution in [0.15, 0.2) is 30.3 Å². The van der Waals surface area contributed by atoms with Crippen LogP contribution in [0.1, 0.15) is 30.7 Å². The highest BCUT2D eigenvalue weighted by Crippen LogP contribution is 2.37. The molecule has 1 aromatic rings. The molecule has 2 saturated heterocycles. The minimum absolute atomic E-state index is 0.123. The molecular weight excluding hydrogens is 312 g/mol. The van der Waals surface area contributed by atoms with Crippen molar-refractivity contribution in [3.8, 4) is 6.19 Å². The van der Waals surface area contributed by atoms with Crippen molar-refractivity contribution in [3.05, 3.63) is 35.9 Å². The van der Waals surface area contributed by atoms with Gasteiger partial charge in [-0.15, -0.1) is 0 Å². The van der Waals surface area contributed by atoms with Crippen LogP contribution in [0.3, 0.4) is 0 Å². The Morgan fingerprint density at radius 2 is 1.91 bits per heavy atom. The van der Waals surface area contributed by atoms with Crippen LogP contribution < -0.4 is 5.14 Å². The average Bonchev–Trinajstić information content (AvgIpc) is 3.03. The molecule has 0 spiro atoms. The quantitative estimate of drug-likeness (QED) is 0.842. The van der Waals surface area contributed by atoms with Crippen LogP contribution in [-0.4, -0.2) is 43.3 Å². The largest absolute Gasteiger partial charge is 0.310 e. The molecule has 0 bridgehead atoms. The molecule has 0 amide bonds. The lowest BCUT2D eigenvalue weighted by atomic mass is 9.81. The predicted molar refractivity (Wildman–Crippen MR) is 87.3 cm³/mol. The minimum Gasteiger partial charge on any atom is -0.310 e. The molecule has 3 rings (SSSR count). The van der Waals surface area contributed by atoms with Gasteiger partial charge in [0.05, 0.1) is 0 Å². The molecule has 2 aliphatic heterocycles. The smallest absolute Gasteiger partial charge is 0.277 e. The lowest BCUT2D eigenvalue weighted by Crippen LogP contribution is -2.52. The van der Waals surface area contributed by atoms with Gasteiger partial charge in [-0.25, -0.2) is 5.14 Å². The van der Waals surface area contributed by atoms with E-state index in [1.165, 1.54) is 9.87 Å². The molecule has 2 fully saturated rings. The summed E-state index contributed by atoms with van der Waals surface area (Å²) >= 11 is 0. The summed E-state index contributed by atoms with van der Waals surface area (Å²) in [7, 11) is -3.71. The fraction of sp³-hybridized carbons (Fsp3) is 0.562. The lowest BCUT2D eigenvalue weighted by Gasteiger charge is -2.40. The van der Waals surface area contributed by atoms with Crippen LogP contribution in [0, 0.1) is 17.4 Å². The highest BCUT2D eigenvalue weighted by molar-refractivity contribution is 7.86. The number of benzene rings is 1. The van der Waals surface area contributed by atoms with Gasteiger partial charge in [0.2, 0.25) is 0 Å². The molecule has 1 aromatic carbocycles. The van der Waals surface area contributed by atoms with Crippen LogP contribution >= 0.6 is 0 Å². The van der Waals surface area contributed by atoms with E-state index in [1.807, 2.05) is 18.2 Å². The monoisotopic (exact) mass is 334 g/mol. The lowest BCUT2D eigenvalue weighted by molar-refractivity contribution is 0.173.